The predicted octanol–water partition coefficient (Wildman–Crippen LogP) is 4.34. The van der Waals surface area contributed by atoms with Crippen molar-refractivity contribution in [2.45, 2.75) is 32.7 Å². The molecule has 0 spiro atoms. The largest absolute Gasteiger partial charge is 0.353 e. The zero-order valence-corrected chi connectivity index (χ0v) is 17.2. The van der Waals surface area contributed by atoms with Gasteiger partial charge >= 0.3 is 0 Å². The van der Waals surface area contributed by atoms with Gasteiger partial charge in [-0.2, -0.15) is 0 Å². The molecule has 2 aromatic carbocycles. The van der Waals surface area contributed by atoms with Crippen LogP contribution < -0.4 is 5.32 Å². The summed E-state index contributed by atoms with van der Waals surface area (Å²) >= 11 is 5.87. The third-order valence-electron chi connectivity index (χ3n) is 5.31. The highest BCUT2D eigenvalue weighted by Gasteiger charge is 2.30. The molecule has 0 saturated carbocycles. The Morgan fingerprint density at radius 1 is 1.00 bits per heavy atom. The Hall–Kier alpha value is -2.33. The average molecular weight is 399 g/mol. The SMILES string of the molecule is CC(C)(CCl)C(=O)NC1CCN(C(=O)c2ccc(-c3ccccc3)cc2)CC1. The Balaban J connectivity index is 1.56. The van der Waals surface area contributed by atoms with Crippen molar-refractivity contribution in [3.63, 3.8) is 0 Å². The first-order chi connectivity index (χ1) is 13.4. The van der Waals surface area contributed by atoms with E-state index in [0.717, 1.165) is 24.0 Å². The summed E-state index contributed by atoms with van der Waals surface area (Å²) in [5.74, 6) is 0.309. The second-order valence-corrected chi connectivity index (χ2v) is 8.27. The molecule has 1 fully saturated rings. The Labute approximate surface area is 171 Å². The molecule has 0 bridgehead atoms. The zero-order valence-electron chi connectivity index (χ0n) is 16.5. The highest BCUT2D eigenvalue weighted by molar-refractivity contribution is 6.19. The first kappa shape index (κ1) is 20.4. The number of rotatable bonds is 5. The summed E-state index contributed by atoms with van der Waals surface area (Å²) in [5, 5.41) is 3.07. The van der Waals surface area contributed by atoms with Gasteiger partial charge in [-0.1, -0.05) is 42.5 Å². The first-order valence-electron chi connectivity index (χ1n) is 9.72. The molecule has 148 valence electrons. The van der Waals surface area contributed by atoms with E-state index in [2.05, 4.69) is 17.4 Å². The topological polar surface area (TPSA) is 49.4 Å². The van der Waals surface area contributed by atoms with Crippen molar-refractivity contribution in [3.8, 4) is 11.1 Å². The second-order valence-electron chi connectivity index (χ2n) is 8.00. The van der Waals surface area contributed by atoms with Crippen LogP contribution in [0.15, 0.2) is 54.6 Å². The molecule has 1 aliphatic rings. The van der Waals surface area contributed by atoms with E-state index in [1.165, 1.54) is 0 Å². The number of carbonyl (C=O) groups is 2. The van der Waals surface area contributed by atoms with Gasteiger partial charge < -0.3 is 10.2 Å². The van der Waals surface area contributed by atoms with Gasteiger partial charge in [-0.25, -0.2) is 0 Å². The molecule has 2 amide bonds. The number of alkyl halides is 1. The molecule has 1 saturated heterocycles. The number of nitrogens with zero attached hydrogens (tertiary/aromatic N) is 1. The standard InChI is InChI=1S/C23H27ClN2O2/c1-23(2,16-24)22(28)25-20-12-14-26(15-13-20)21(27)19-10-8-18(9-11-19)17-6-4-3-5-7-17/h3-11,20H,12-16H2,1-2H3,(H,25,28). The number of hydrogen-bond donors (Lipinski definition) is 1. The predicted molar refractivity (Wildman–Crippen MR) is 113 cm³/mol. The Kier molecular flexibility index (Phi) is 6.40. The Morgan fingerprint density at radius 3 is 2.14 bits per heavy atom. The van der Waals surface area contributed by atoms with Gasteiger partial charge in [-0.05, 0) is 49.9 Å². The van der Waals surface area contributed by atoms with Crippen LogP contribution >= 0.6 is 11.6 Å². The van der Waals surface area contributed by atoms with E-state index in [-0.39, 0.29) is 23.7 Å². The molecule has 1 heterocycles. The maximum atomic E-state index is 12.8. The van der Waals surface area contributed by atoms with E-state index < -0.39 is 5.41 Å². The Morgan fingerprint density at radius 2 is 1.57 bits per heavy atom. The van der Waals surface area contributed by atoms with Crippen LogP contribution in [-0.2, 0) is 4.79 Å². The summed E-state index contributed by atoms with van der Waals surface area (Å²) in [5.41, 5.74) is 2.36. The second kappa shape index (κ2) is 8.78. The molecule has 4 nitrogen and oxygen atoms in total. The van der Waals surface area contributed by atoms with Crippen LogP contribution in [0.5, 0.6) is 0 Å². The lowest BCUT2D eigenvalue weighted by atomic mass is 9.93. The number of benzene rings is 2. The molecular weight excluding hydrogens is 372 g/mol. The fourth-order valence-corrected chi connectivity index (χ4v) is 3.41. The monoisotopic (exact) mass is 398 g/mol. The van der Waals surface area contributed by atoms with Crippen LogP contribution in [0.4, 0.5) is 0 Å². The summed E-state index contributed by atoms with van der Waals surface area (Å²) in [7, 11) is 0. The summed E-state index contributed by atoms with van der Waals surface area (Å²) in [6, 6.07) is 18.0. The summed E-state index contributed by atoms with van der Waals surface area (Å²) < 4.78 is 0. The lowest BCUT2D eigenvalue weighted by Crippen LogP contribution is -2.49. The van der Waals surface area contributed by atoms with Gasteiger partial charge in [0.25, 0.3) is 5.91 Å². The minimum Gasteiger partial charge on any atom is -0.353 e. The average Bonchev–Trinajstić information content (AvgIpc) is 2.74. The van der Waals surface area contributed by atoms with E-state index >= 15 is 0 Å². The molecule has 0 aliphatic carbocycles. The number of carbonyl (C=O) groups excluding carboxylic acids is 2. The molecule has 28 heavy (non-hydrogen) atoms. The van der Waals surface area contributed by atoms with Crippen LogP contribution in [0, 0.1) is 5.41 Å². The molecular formula is C23H27ClN2O2. The van der Waals surface area contributed by atoms with Crippen LogP contribution in [0.25, 0.3) is 11.1 Å². The fraction of sp³-hybridized carbons (Fsp3) is 0.391. The quantitative estimate of drug-likeness (QED) is 0.761. The van der Waals surface area contributed by atoms with Crippen LogP contribution in [0.1, 0.15) is 37.0 Å². The third-order valence-corrected chi connectivity index (χ3v) is 5.97. The van der Waals surface area contributed by atoms with Crippen molar-refractivity contribution in [1.29, 1.82) is 0 Å². The van der Waals surface area contributed by atoms with Gasteiger partial charge in [-0.15, -0.1) is 11.6 Å². The molecule has 1 aliphatic heterocycles. The number of nitrogens with one attached hydrogen (secondary N) is 1. The van der Waals surface area contributed by atoms with Crippen molar-refractivity contribution in [3.05, 3.63) is 60.2 Å². The molecule has 0 unspecified atom stereocenters. The first-order valence-corrected chi connectivity index (χ1v) is 10.3. The van der Waals surface area contributed by atoms with Crippen molar-refractivity contribution in [1.82, 2.24) is 10.2 Å². The third kappa shape index (κ3) is 4.74. The van der Waals surface area contributed by atoms with Gasteiger partial charge in [0.1, 0.15) is 0 Å². The lowest BCUT2D eigenvalue weighted by molar-refractivity contribution is -0.129. The van der Waals surface area contributed by atoms with Crippen molar-refractivity contribution >= 4 is 23.4 Å². The van der Waals surface area contributed by atoms with Crippen molar-refractivity contribution in [2.75, 3.05) is 19.0 Å². The normalized spacial score (nSPS) is 15.3. The highest BCUT2D eigenvalue weighted by Crippen LogP contribution is 2.22. The fourth-order valence-electron chi connectivity index (χ4n) is 3.29. The molecule has 0 radical (unpaired) electrons. The number of amides is 2. The molecule has 2 aromatic rings. The summed E-state index contributed by atoms with van der Waals surface area (Å²) in [6.45, 7) is 4.97. The summed E-state index contributed by atoms with van der Waals surface area (Å²) in [4.78, 5) is 26.9. The number of halogens is 1. The van der Waals surface area contributed by atoms with Gasteiger partial charge in [0, 0.05) is 30.6 Å². The van der Waals surface area contributed by atoms with E-state index in [1.54, 1.807) is 0 Å². The van der Waals surface area contributed by atoms with E-state index in [0.29, 0.717) is 18.7 Å². The minimum absolute atomic E-state index is 0.0243. The minimum atomic E-state index is -0.574. The Bertz CT molecular complexity index is 810. The van der Waals surface area contributed by atoms with Crippen LogP contribution in [-0.4, -0.2) is 41.7 Å². The van der Waals surface area contributed by atoms with E-state index in [4.69, 9.17) is 11.6 Å². The van der Waals surface area contributed by atoms with E-state index in [1.807, 2.05) is 61.2 Å². The molecule has 5 heteroatoms. The molecule has 1 N–H and O–H groups in total. The van der Waals surface area contributed by atoms with Crippen molar-refractivity contribution < 1.29 is 9.59 Å². The van der Waals surface area contributed by atoms with Gasteiger partial charge in [0.15, 0.2) is 0 Å². The maximum Gasteiger partial charge on any atom is 0.253 e. The lowest BCUT2D eigenvalue weighted by Gasteiger charge is -2.34. The molecule has 0 aromatic heterocycles. The zero-order chi connectivity index (χ0) is 20.1. The number of piperidine rings is 1. The van der Waals surface area contributed by atoms with Crippen molar-refractivity contribution in [2.24, 2.45) is 5.41 Å². The number of hydrogen-bond acceptors (Lipinski definition) is 2. The smallest absolute Gasteiger partial charge is 0.253 e. The summed E-state index contributed by atoms with van der Waals surface area (Å²) in [6.07, 6.45) is 1.52. The van der Waals surface area contributed by atoms with Crippen LogP contribution in [0.2, 0.25) is 0 Å². The number of likely N-dealkylation sites (tertiary alicyclic amines) is 1. The van der Waals surface area contributed by atoms with Gasteiger partial charge in [0.2, 0.25) is 5.91 Å². The van der Waals surface area contributed by atoms with Gasteiger partial charge in [0.05, 0.1) is 5.41 Å². The van der Waals surface area contributed by atoms with Crippen LogP contribution in [0.3, 0.4) is 0 Å². The molecule has 0 atom stereocenters. The maximum absolute atomic E-state index is 12.8. The highest BCUT2D eigenvalue weighted by atomic mass is 35.5. The van der Waals surface area contributed by atoms with E-state index in [9.17, 15) is 9.59 Å². The molecule has 3 rings (SSSR count). The van der Waals surface area contributed by atoms with Gasteiger partial charge in [-0.3, -0.25) is 9.59 Å².